The number of para-hydroxylation sites is 1. The molecule has 1 amide bonds. The van der Waals surface area contributed by atoms with E-state index in [0.29, 0.717) is 13.2 Å². The molecule has 0 heterocycles. The highest BCUT2D eigenvalue weighted by molar-refractivity contribution is 5.88. The number of aryl methyl sites for hydroxylation is 1. The lowest BCUT2D eigenvalue weighted by Crippen LogP contribution is -2.31. The molecule has 2 rings (SSSR count). The molecule has 0 spiro atoms. The minimum atomic E-state index is -0.303. The number of benzene rings is 2. The van der Waals surface area contributed by atoms with Crippen LogP contribution in [0.4, 0.5) is 10.5 Å². The predicted molar refractivity (Wildman–Crippen MR) is 85.5 cm³/mol. The van der Waals surface area contributed by atoms with Crippen LogP contribution in [0.15, 0.2) is 54.6 Å². The fraction of sp³-hybridized carbons (Fsp3) is 0.278. The van der Waals surface area contributed by atoms with Gasteiger partial charge in [-0.2, -0.15) is 0 Å². The Morgan fingerprint density at radius 1 is 1.00 bits per heavy atom. The molecule has 0 bridgehead atoms. The van der Waals surface area contributed by atoms with Gasteiger partial charge in [-0.05, 0) is 30.5 Å². The van der Waals surface area contributed by atoms with Gasteiger partial charge in [-0.3, -0.25) is 4.90 Å². The van der Waals surface area contributed by atoms with Crippen molar-refractivity contribution in [3.63, 3.8) is 0 Å². The van der Waals surface area contributed by atoms with E-state index in [4.69, 9.17) is 4.74 Å². The minimum absolute atomic E-state index is 0.303. The second kappa shape index (κ2) is 7.48. The Morgan fingerprint density at radius 3 is 2.33 bits per heavy atom. The largest absolute Gasteiger partial charge is 0.449 e. The number of amides is 1. The van der Waals surface area contributed by atoms with Gasteiger partial charge in [0.2, 0.25) is 0 Å². The molecule has 0 fully saturated rings. The first-order valence-corrected chi connectivity index (χ1v) is 7.32. The molecular formula is C18H21NO2. The topological polar surface area (TPSA) is 29.5 Å². The van der Waals surface area contributed by atoms with Crippen molar-refractivity contribution in [2.45, 2.75) is 26.8 Å². The molecule has 0 saturated heterocycles. The molecule has 0 aromatic heterocycles. The fourth-order valence-electron chi connectivity index (χ4n) is 2.29. The van der Waals surface area contributed by atoms with Gasteiger partial charge in [-0.15, -0.1) is 0 Å². The molecule has 0 aliphatic carbocycles. The summed E-state index contributed by atoms with van der Waals surface area (Å²) in [6, 6.07) is 17.9. The number of hydrogen-bond acceptors (Lipinski definition) is 2. The monoisotopic (exact) mass is 283 g/mol. The number of carbonyl (C=O) groups excluding carboxylic acids is 1. The molecule has 0 N–H and O–H groups in total. The van der Waals surface area contributed by atoms with Crippen molar-refractivity contribution in [2.75, 3.05) is 11.5 Å². The summed E-state index contributed by atoms with van der Waals surface area (Å²) in [5.41, 5.74) is 3.14. The Bertz CT molecular complexity index is 581. The van der Waals surface area contributed by atoms with Crippen molar-refractivity contribution >= 4 is 11.8 Å². The van der Waals surface area contributed by atoms with Crippen molar-refractivity contribution in [3.05, 3.63) is 65.7 Å². The van der Waals surface area contributed by atoms with Gasteiger partial charge in [0, 0.05) is 0 Å². The Morgan fingerprint density at radius 2 is 1.67 bits per heavy atom. The highest BCUT2D eigenvalue weighted by Crippen LogP contribution is 2.23. The molecule has 0 atom stereocenters. The van der Waals surface area contributed by atoms with Crippen molar-refractivity contribution in [1.29, 1.82) is 0 Å². The first kappa shape index (κ1) is 15.1. The third-order valence-corrected chi connectivity index (χ3v) is 3.34. The normalized spacial score (nSPS) is 10.2. The molecule has 0 radical (unpaired) electrons. The lowest BCUT2D eigenvalue weighted by Gasteiger charge is -2.24. The maximum Gasteiger partial charge on any atom is 0.414 e. The van der Waals surface area contributed by atoms with Gasteiger partial charge < -0.3 is 4.74 Å². The van der Waals surface area contributed by atoms with Crippen molar-refractivity contribution < 1.29 is 9.53 Å². The maximum absolute atomic E-state index is 12.3. The average molecular weight is 283 g/mol. The van der Waals surface area contributed by atoms with E-state index >= 15 is 0 Å². The number of anilines is 1. The highest BCUT2D eigenvalue weighted by atomic mass is 16.6. The first-order chi connectivity index (χ1) is 10.3. The van der Waals surface area contributed by atoms with Gasteiger partial charge in [0.25, 0.3) is 0 Å². The predicted octanol–water partition coefficient (Wildman–Crippen LogP) is 4.41. The number of carbonyl (C=O) groups is 1. The standard InChI is InChI=1S/C18H21NO2/c1-3-16-12-8-9-13-17(16)19(18(20)21-4-2)14-15-10-6-5-7-11-15/h5-13H,3-4,14H2,1-2H3. The fourth-order valence-corrected chi connectivity index (χ4v) is 2.29. The van der Waals surface area contributed by atoms with Gasteiger partial charge in [-0.1, -0.05) is 55.5 Å². The number of rotatable bonds is 5. The van der Waals surface area contributed by atoms with Crippen molar-refractivity contribution in [3.8, 4) is 0 Å². The smallest absolute Gasteiger partial charge is 0.414 e. The Labute approximate surface area is 126 Å². The summed E-state index contributed by atoms with van der Waals surface area (Å²) in [5.74, 6) is 0. The molecule has 0 aliphatic rings. The Balaban J connectivity index is 2.34. The van der Waals surface area contributed by atoms with Crippen molar-refractivity contribution in [1.82, 2.24) is 0 Å². The third-order valence-electron chi connectivity index (χ3n) is 3.34. The van der Waals surface area contributed by atoms with Gasteiger partial charge in [0.15, 0.2) is 0 Å². The summed E-state index contributed by atoms with van der Waals surface area (Å²) in [4.78, 5) is 14.0. The second-order valence-corrected chi connectivity index (χ2v) is 4.75. The lowest BCUT2D eigenvalue weighted by atomic mass is 10.1. The van der Waals surface area contributed by atoms with E-state index in [1.54, 1.807) is 4.90 Å². The number of hydrogen-bond donors (Lipinski definition) is 0. The van der Waals surface area contributed by atoms with Gasteiger partial charge in [0.05, 0.1) is 18.8 Å². The summed E-state index contributed by atoms with van der Waals surface area (Å²) in [5, 5.41) is 0. The van der Waals surface area contributed by atoms with Gasteiger partial charge in [0.1, 0.15) is 0 Å². The van der Waals surface area contributed by atoms with Crippen LogP contribution in [0, 0.1) is 0 Å². The number of nitrogens with zero attached hydrogens (tertiary/aromatic N) is 1. The van der Waals surface area contributed by atoms with Crippen LogP contribution >= 0.6 is 0 Å². The first-order valence-electron chi connectivity index (χ1n) is 7.32. The van der Waals surface area contributed by atoms with Gasteiger partial charge >= 0.3 is 6.09 Å². The molecule has 110 valence electrons. The molecular weight excluding hydrogens is 262 g/mol. The van der Waals surface area contributed by atoms with Crippen LogP contribution in [-0.4, -0.2) is 12.7 Å². The summed E-state index contributed by atoms with van der Waals surface area (Å²) >= 11 is 0. The average Bonchev–Trinajstić information content (AvgIpc) is 2.54. The van der Waals surface area contributed by atoms with E-state index in [0.717, 1.165) is 23.2 Å². The van der Waals surface area contributed by atoms with E-state index in [2.05, 4.69) is 6.92 Å². The second-order valence-electron chi connectivity index (χ2n) is 4.75. The van der Waals surface area contributed by atoms with Gasteiger partial charge in [-0.25, -0.2) is 4.79 Å². The summed E-state index contributed by atoms with van der Waals surface area (Å²) < 4.78 is 5.22. The van der Waals surface area contributed by atoms with Crippen LogP contribution in [0.5, 0.6) is 0 Å². The van der Waals surface area contributed by atoms with Crippen LogP contribution in [0.25, 0.3) is 0 Å². The lowest BCUT2D eigenvalue weighted by molar-refractivity contribution is 0.159. The third kappa shape index (κ3) is 3.85. The quantitative estimate of drug-likeness (QED) is 0.813. The van der Waals surface area contributed by atoms with E-state index in [-0.39, 0.29) is 6.09 Å². The molecule has 0 unspecified atom stereocenters. The van der Waals surface area contributed by atoms with Crippen LogP contribution < -0.4 is 4.90 Å². The molecule has 2 aromatic carbocycles. The van der Waals surface area contributed by atoms with E-state index in [1.807, 2.05) is 61.5 Å². The molecule has 3 heteroatoms. The number of ether oxygens (including phenoxy) is 1. The Kier molecular flexibility index (Phi) is 5.38. The van der Waals surface area contributed by atoms with E-state index in [1.165, 1.54) is 0 Å². The zero-order chi connectivity index (χ0) is 15.1. The van der Waals surface area contributed by atoms with E-state index in [9.17, 15) is 4.79 Å². The highest BCUT2D eigenvalue weighted by Gasteiger charge is 2.19. The zero-order valence-corrected chi connectivity index (χ0v) is 12.6. The minimum Gasteiger partial charge on any atom is -0.449 e. The summed E-state index contributed by atoms with van der Waals surface area (Å²) in [7, 11) is 0. The Hall–Kier alpha value is -2.29. The van der Waals surface area contributed by atoms with E-state index < -0.39 is 0 Å². The molecule has 2 aromatic rings. The molecule has 21 heavy (non-hydrogen) atoms. The SMILES string of the molecule is CCOC(=O)N(Cc1ccccc1)c1ccccc1CC. The van der Waals surface area contributed by atoms with Crippen LogP contribution in [0.3, 0.4) is 0 Å². The van der Waals surface area contributed by atoms with Crippen LogP contribution in [0.1, 0.15) is 25.0 Å². The maximum atomic E-state index is 12.3. The van der Waals surface area contributed by atoms with Crippen LogP contribution in [-0.2, 0) is 17.7 Å². The molecule has 0 saturated carbocycles. The molecule has 0 aliphatic heterocycles. The van der Waals surface area contributed by atoms with Crippen molar-refractivity contribution in [2.24, 2.45) is 0 Å². The zero-order valence-electron chi connectivity index (χ0n) is 12.6. The van der Waals surface area contributed by atoms with Crippen LogP contribution in [0.2, 0.25) is 0 Å². The summed E-state index contributed by atoms with van der Waals surface area (Å²) in [6.45, 7) is 4.80. The molecule has 3 nitrogen and oxygen atoms in total. The summed E-state index contributed by atoms with van der Waals surface area (Å²) in [6.07, 6.45) is 0.572.